The Hall–Kier alpha value is -2.80. The smallest absolute Gasteiger partial charge is 0.234 e. The molecule has 5 rings (SSSR count). The second-order valence-corrected chi connectivity index (χ2v) is 9.51. The Balaban J connectivity index is 1.21. The zero-order valence-corrected chi connectivity index (χ0v) is 19.1. The third kappa shape index (κ3) is 4.99. The predicted octanol–water partition coefficient (Wildman–Crippen LogP) is 5.26. The topological polar surface area (TPSA) is 63.1 Å². The Morgan fingerprint density at radius 1 is 0.906 bits per heavy atom. The summed E-state index contributed by atoms with van der Waals surface area (Å²) >= 11 is 1.43. The molecule has 1 aliphatic heterocycles. The summed E-state index contributed by atoms with van der Waals surface area (Å²) in [5.74, 6) is 1.74. The summed E-state index contributed by atoms with van der Waals surface area (Å²) in [4.78, 5) is 15.1. The van der Waals surface area contributed by atoms with E-state index in [9.17, 15) is 4.79 Å². The van der Waals surface area contributed by atoms with E-state index in [1.807, 2.05) is 30.3 Å². The molecule has 0 atom stereocenters. The van der Waals surface area contributed by atoms with Crippen LogP contribution in [0.4, 0.5) is 11.4 Å². The van der Waals surface area contributed by atoms with Crippen molar-refractivity contribution in [2.45, 2.75) is 49.6 Å². The van der Waals surface area contributed by atoms with Crippen molar-refractivity contribution in [1.82, 2.24) is 14.8 Å². The van der Waals surface area contributed by atoms with Crippen LogP contribution in [0.5, 0.6) is 0 Å². The zero-order valence-electron chi connectivity index (χ0n) is 18.2. The summed E-state index contributed by atoms with van der Waals surface area (Å²) < 4.78 is 2.10. The second kappa shape index (κ2) is 9.77. The number of carbonyl (C=O) groups is 1. The molecule has 1 aliphatic carbocycles. The number of aromatic nitrogens is 3. The minimum atomic E-state index is -0.0342. The third-order valence-electron chi connectivity index (χ3n) is 6.07. The largest absolute Gasteiger partial charge is 0.372 e. The fraction of sp³-hybridized carbons (Fsp3) is 0.400. The lowest BCUT2D eigenvalue weighted by Gasteiger charge is -2.22. The molecule has 0 radical (unpaired) electrons. The van der Waals surface area contributed by atoms with E-state index in [1.165, 1.54) is 43.1 Å². The molecule has 0 spiro atoms. The van der Waals surface area contributed by atoms with Gasteiger partial charge in [0.2, 0.25) is 5.91 Å². The Kier molecular flexibility index (Phi) is 6.44. The molecule has 7 heteroatoms. The Bertz CT molecular complexity index is 1040. The third-order valence-corrected chi connectivity index (χ3v) is 7.00. The molecular formula is C25H29N5OS. The molecule has 6 nitrogen and oxygen atoms in total. The molecule has 1 saturated heterocycles. The van der Waals surface area contributed by atoms with Crippen LogP contribution in [0.2, 0.25) is 0 Å². The average Bonchev–Trinajstić information content (AvgIpc) is 3.63. The van der Waals surface area contributed by atoms with Crippen LogP contribution in [0.1, 0.15) is 50.3 Å². The van der Waals surface area contributed by atoms with Gasteiger partial charge in [-0.1, -0.05) is 42.8 Å². The van der Waals surface area contributed by atoms with Crippen LogP contribution >= 0.6 is 11.8 Å². The van der Waals surface area contributed by atoms with Crippen LogP contribution in [-0.2, 0) is 4.79 Å². The number of nitrogens with one attached hydrogen (secondary N) is 1. The van der Waals surface area contributed by atoms with E-state index < -0.39 is 0 Å². The quantitative estimate of drug-likeness (QED) is 0.501. The molecule has 166 valence electrons. The van der Waals surface area contributed by atoms with Crippen LogP contribution in [-0.4, -0.2) is 39.5 Å². The van der Waals surface area contributed by atoms with Crippen LogP contribution in [0.15, 0.2) is 59.8 Å². The molecule has 2 aliphatic rings. The van der Waals surface area contributed by atoms with Crippen molar-refractivity contribution in [3.8, 4) is 5.69 Å². The van der Waals surface area contributed by atoms with Gasteiger partial charge >= 0.3 is 0 Å². The predicted molar refractivity (Wildman–Crippen MR) is 130 cm³/mol. The molecule has 2 heterocycles. The van der Waals surface area contributed by atoms with Crippen molar-refractivity contribution in [2.75, 3.05) is 29.1 Å². The molecule has 1 amide bonds. The van der Waals surface area contributed by atoms with Gasteiger partial charge in [0.25, 0.3) is 0 Å². The first kappa shape index (κ1) is 21.1. The average molecular weight is 448 g/mol. The van der Waals surface area contributed by atoms with E-state index in [4.69, 9.17) is 0 Å². The fourth-order valence-electron chi connectivity index (χ4n) is 4.21. The second-order valence-electron chi connectivity index (χ2n) is 8.57. The fourth-order valence-corrected chi connectivity index (χ4v) is 4.97. The highest BCUT2D eigenvalue weighted by atomic mass is 32.2. The SMILES string of the molecule is O=C(CSc1nnc(C2CC2)n1-c1ccccc1)Nc1ccc(N2CCCCCC2)cc1. The molecular weight excluding hydrogens is 418 g/mol. The van der Waals surface area contributed by atoms with Gasteiger partial charge in [0.1, 0.15) is 5.82 Å². The Morgan fingerprint density at radius 2 is 1.62 bits per heavy atom. The van der Waals surface area contributed by atoms with Crippen molar-refractivity contribution < 1.29 is 4.79 Å². The molecule has 32 heavy (non-hydrogen) atoms. The van der Waals surface area contributed by atoms with E-state index in [0.717, 1.165) is 48.3 Å². The number of amides is 1. The number of carbonyl (C=O) groups excluding carboxylic acids is 1. The van der Waals surface area contributed by atoms with E-state index in [2.05, 4.69) is 49.2 Å². The first-order valence-electron chi connectivity index (χ1n) is 11.6. The van der Waals surface area contributed by atoms with E-state index >= 15 is 0 Å². The highest BCUT2D eigenvalue weighted by Gasteiger charge is 2.31. The van der Waals surface area contributed by atoms with Gasteiger partial charge in [-0.25, -0.2) is 0 Å². The summed E-state index contributed by atoms with van der Waals surface area (Å²) in [5.41, 5.74) is 3.12. The number of para-hydroxylation sites is 1. The van der Waals surface area contributed by atoms with Gasteiger partial charge in [-0.2, -0.15) is 0 Å². The summed E-state index contributed by atoms with van der Waals surface area (Å²) in [7, 11) is 0. The van der Waals surface area contributed by atoms with Gasteiger partial charge in [0.15, 0.2) is 5.16 Å². The first-order valence-corrected chi connectivity index (χ1v) is 12.5. The Labute approximate surface area is 193 Å². The highest BCUT2D eigenvalue weighted by Crippen LogP contribution is 2.41. The van der Waals surface area contributed by atoms with Crippen molar-refractivity contribution in [1.29, 1.82) is 0 Å². The normalized spacial score (nSPS) is 16.6. The summed E-state index contributed by atoms with van der Waals surface area (Å²) in [6.45, 7) is 2.24. The lowest BCUT2D eigenvalue weighted by atomic mass is 10.2. The van der Waals surface area contributed by atoms with Gasteiger partial charge in [-0.05, 0) is 62.1 Å². The standard InChI is InChI=1S/C25H29N5OS/c31-23(26-20-12-14-21(15-13-20)29-16-6-1-2-7-17-29)18-32-25-28-27-24(19-10-11-19)30(25)22-8-4-3-5-9-22/h3-5,8-9,12-15,19H,1-2,6-7,10-11,16-18H2,(H,26,31). The zero-order chi connectivity index (χ0) is 21.8. The lowest BCUT2D eigenvalue weighted by Crippen LogP contribution is -2.23. The van der Waals surface area contributed by atoms with E-state index in [0.29, 0.717) is 11.7 Å². The van der Waals surface area contributed by atoms with Gasteiger partial charge < -0.3 is 10.2 Å². The Morgan fingerprint density at radius 3 is 2.31 bits per heavy atom. The van der Waals surface area contributed by atoms with Crippen molar-refractivity contribution >= 4 is 29.0 Å². The lowest BCUT2D eigenvalue weighted by molar-refractivity contribution is -0.113. The monoisotopic (exact) mass is 447 g/mol. The molecule has 3 aromatic rings. The molecule has 0 bridgehead atoms. The number of thioether (sulfide) groups is 1. The van der Waals surface area contributed by atoms with E-state index in [1.54, 1.807) is 0 Å². The van der Waals surface area contributed by atoms with Crippen LogP contribution in [0, 0.1) is 0 Å². The molecule has 2 aromatic carbocycles. The molecule has 0 unspecified atom stereocenters. The van der Waals surface area contributed by atoms with Crippen LogP contribution in [0.3, 0.4) is 0 Å². The summed E-state index contributed by atoms with van der Waals surface area (Å²) in [5, 5.41) is 12.6. The van der Waals surface area contributed by atoms with Crippen LogP contribution < -0.4 is 10.2 Å². The number of nitrogens with zero attached hydrogens (tertiary/aromatic N) is 4. The minimum Gasteiger partial charge on any atom is -0.372 e. The molecule has 1 aromatic heterocycles. The van der Waals surface area contributed by atoms with Gasteiger partial charge in [-0.3, -0.25) is 9.36 Å². The molecule has 1 saturated carbocycles. The molecule has 1 N–H and O–H groups in total. The van der Waals surface area contributed by atoms with Crippen molar-refractivity contribution in [3.05, 3.63) is 60.4 Å². The van der Waals surface area contributed by atoms with Crippen LogP contribution in [0.25, 0.3) is 5.69 Å². The number of benzene rings is 2. The summed E-state index contributed by atoms with van der Waals surface area (Å²) in [6.07, 6.45) is 7.47. The van der Waals surface area contributed by atoms with Crippen molar-refractivity contribution in [2.24, 2.45) is 0 Å². The van der Waals surface area contributed by atoms with Gasteiger partial charge in [-0.15, -0.1) is 10.2 Å². The highest BCUT2D eigenvalue weighted by molar-refractivity contribution is 7.99. The van der Waals surface area contributed by atoms with Gasteiger partial charge in [0.05, 0.1) is 5.75 Å². The minimum absolute atomic E-state index is 0.0342. The van der Waals surface area contributed by atoms with Crippen molar-refractivity contribution in [3.63, 3.8) is 0 Å². The van der Waals surface area contributed by atoms with E-state index in [-0.39, 0.29) is 5.91 Å². The first-order chi connectivity index (χ1) is 15.8. The number of hydrogen-bond acceptors (Lipinski definition) is 5. The van der Waals surface area contributed by atoms with Gasteiger partial charge in [0, 0.05) is 36.1 Å². The molecule has 2 fully saturated rings. The number of anilines is 2. The summed E-state index contributed by atoms with van der Waals surface area (Å²) in [6, 6.07) is 18.4. The number of hydrogen-bond donors (Lipinski definition) is 1. The maximum atomic E-state index is 12.6. The maximum Gasteiger partial charge on any atom is 0.234 e. The number of rotatable bonds is 7. The maximum absolute atomic E-state index is 12.6.